The molecule has 1 aromatic rings. The number of nitrogens with zero attached hydrogens (tertiary/aromatic N) is 1. The smallest absolute Gasteiger partial charge is 0.390 e. The van der Waals surface area contributed by atoms with Crippen molar-refractivity contribution in [1.29, 1.82) is 0 Å². The van der Waals surface area contributed by atoms with Gasteiger partial charge in [0, 0.05) is 5.69 Å². The number of nitrogens with one attached hydrogen (secondary N) is 1. The van der Waals surface area contributed by atoms with Gasteiger partial charge in [0.1, 0.15) is 0 Å². The van der Waals surface area contributed by atoms with E-state index in [1.54, 1.807) is 0 Å². The van der Waals surface area contributed by atoms with Gasteiger partial charge in [-0.1, -0.05) is 0 Å². The van der Waals surface area contributed by atoms with E-state index in [-0.39, 0.29) is 5.69 Å². The second kappa shape index (κ2) is 3.17. The third-order valence-electron chi connectivity index (χ3n) is 1.26. The molecule has 13 heavy (non-hydrogen) atoms. The molecular weight excluding hydrogens is 189 g/mol. The summed E-state index contributed by atoms with van der Waals surface area (Å²) in [5.41, 5.74) is -2.65. The molecule has 4 nitrogen and oxygen atoms in total. The van der Waals surface area contributed by atoms with Gasteiger partial charge in [0.05, 0.1) is 6.61 Å². The lowest BCUT2D eigenvalue weighted by Gasteiger charge is -2.05. The van der Waals surface area contributed by atoms with Gasteiger partial charge in [-0.2, -0.15) is 18.2 Å². The molecule has 0 spiro atoms. The van der Waals surface area contributed by atoms with Crippen molar-refractivity contribution in [3.63, 3.8) is 0 Å². The Kier molecular flexibility index (Phi) is 2.37. The molecule has 72 valence electrons. The number of H-pyrrole nitrogens is 1. The van der Waals surface area contributed by atoms with Crippen molar-refractivity contribution in [2.24, 2.45) is 0 Å². The summed E-state index contributed by atoms with van der Waals surface area (Å²) in [6.45, 7) is -0.666. The zero-order valence-electron chi connectivity index (χ0n) is 6.22. The molecule has 0 atom stereocenters. The standard InChI is InChI=1S/C6H5F3N2O2/c7-6(8,9)4-1-3(2-12)10-5(13)11-4/h1,12H,2H2,(H,10,11,13). The van der Waals surface area contributed by atoms with E-state index in [1.165, 1.54) is 0 Å². The summed E-state index contributed by atoms with van der Waals surface area (Å²) in [5, 5.41) is 8.49. The molecule has 7 heteroatoms. The largest absolute Gasteiger partial charge is 0.433 e. The first-order chi connectivity index (χ1) is 5.93. The Balaban J connectivity index is 3.24. The van der Waals surface area contributed by atoms with Crippen LogP contribution in [-0.2, 0) is 12.8 Å². The SMILES string of the molecule is O=c1nc(C(F)(F)F)cc(CO)[nH]1. The zero-order valence-corrected chi connectivity index (χ0v) is 6.22. The van der Waals surface area contributed by atoms with Gasteiger partial charge >= 0.3 is 11.9 Å². The minimum atomic E-state index is -4.67. The summed E-state index contributed by atoms with van der Waals surface area (Å²) in [6, 6.07) is 0.585. The van der Waals surface area contributed by atoms with Crippen molar-refractivity contribution in [3.05, 3.63) is 27.9 Å². The van der Waals surface area contributed by atoms with Crippen LogP contribution in [0.25, 0.3) is 0 Å². The highest BCUT2D eigenvalue weighted by atomic mass is 19.4. The second-order valence-electron chi connectivity index (χ2n) is 2.25. The highest BCUT2D eigenvalue weighted by Crippen LogP contribution is 2.26. The molecule has 0 unspecified atom stereocenters. The Labute approximate surface area is 70.1 Å². The maximum absolute atomic E-state index is 12.0. The Morgan fingerprint density at radius 2 is 2.15 bits per heavy atom. The van der Waals surface area contributed by atoms with E-state index in [0.29, 0.717) is 6.07 Å². The number of halogens is 3. The number of hydrogen-bond donors (Lipinski definition) is 2. The van der Waals surface area contributed by atoms with Crippen LogP contribution in [0.5, 0.6) is 0 Å². The quantitative estimate of drug-likeness (QED) is 0.674. The molecule has 1 aromatic heterocycles. The molecule has 0 aliphatic heterocycles. The molecule has 0 aliphatic carbocycles. The van der Waals surface area contributed by atoms with Crippen molar-refractivity contribution in [2.45, 2.75) is 12.8 Å². The van der Waals surface area contributed by atoms with Crippen molar-refractivity contribution in [3.8, 4) is 0 Å². The van der Waals surface area contributed by atoms with E-state index in [2.05, 4.69) is 4.98 Å². The highest BCUT2D eigenvalue weighted by molar-refractivity contribution is 5.10. The predicted molar refractivity (Wildman–Crippen MR) is 35.8 cm³/mol. The third kappa shape index (κ3) is 2.28. The molecule has 2 N–H and O–H groups in total. The van der Waals surface area contributed by atoms with Crippen molar-refractivity contribution < 1.29 is 18.3 Å². The van der Waals surface area contributed by atoms with E-state index in [4.69, 9.17) is 5.11 Å². The summed E-state index contributed by atoms with van der Waals surface area (Å²) in [6.07, 6.45) is -4.67. The zero-order chi connectivity index (χ0) is 10.1. The summed E-state index contributed by atoms with van der Waals surface area (Å²) < 4.78 is 36.0. The lowest BCUT2D eigenvalue weighted by molar-refractivity contribution is -0.141. The lowest BCUT2D eigenvalue weighted by atomic mass is 10.3. The molecule has 0 saturated heterocycles. The molecule has 0 bridgehead atoms. The van der Waals surface area contributed by atoms with Crippen LogP contribution in [0.2, 0.25) is 0 Å². The molecular formula is C6H5F3N2O2. The fraction of sp³-hybridized carbons (Fsp3) is 0.333. The fourth-order valence-electron chi connectivity index (χ4n) is 0.738. The molecule has 0 fully saturated rings. The third-order valence-corrected chi connectivity index (χ3v) is 1.26. The maximum atomic E-state index is 12.0. The molecule has 0 amide bonds. The number of aromatic amines is 1. The van der Waals surface area contributed by atoms with Crippen molar-refractivity contribution in [1.82, 2.24) is 9.97 Å². The van der Waals surface area contributed by atoms with Crippen LogP contribution >= 0.6 is 0 Å². The number of aliphatic hydroxyl groups excluding tert-OH is 1. The molecule has 0 radical (unpaired) electrons. The first-order valence-corrected chi connectivity index (χ1v) is 3.22. The normalized spacial score (nSPS) is 11.7. The van der Waals surface area contributed by atoms with Gasteiger partial charge in [-0.3, -0.25) is 0 Å². The van der Waals surface area contributed by atoms with Gasteiger partial charge in [0.25, 0.3) is 0 Å². The average Bonchev–Trinajstić information content (AvgIpc) is 2.01. The van der Waals surface area contributed by atoms with E-state index < -0.39 is 24.2 Å². The maximum Gasteiger partial charge on any atom is 0.433 e. The summed E-state index contributed by atoms with van der Waals surface area (Å²) in [4.78, 5) is 15.2. The number of aromatic nitrogens is 2. The van der Waals surface area contributed by atoms with Gasteiger partial charge in [-0.05, 0) is 6.07 Å². The predicted octanol–water partition coefficient (Wildman–Crippen LogP) is 0.281. The topological polar surface area (TPSA) is 66.0 Å². The van der Waals surface area contributed by atoms with Crippen LogP contribution in [-0.4, -0.2) is 15.1 Å². The monoisotopic (exact) mass is 194 g/mol. The molecule has 0 saturated carbocycles. The minimum absolute atomic E-state index is 0.215. The van der Waals surface area contributed by atoms with Crippen molar-refractivity contribution in [2.75, 3.05) is 0 Å². The van der Waals surface area contributed by atoms with Gasteiger partial charge in [0.15, 0.2) is 5.69 Å². The average molecular weight is 194 g/mol. The Bertz CT molecular complexity index is 358. The first kappa shape index (κ1) is 9.72. The number of aliphatic hydroxyl groups is 1. The van der Waals surface area contributed by atoms with Gasteiger partial charge in [-0.25, -0.2) is 4.79 Å². The van der Waals surface area contributed by atoms with E-state index in [9.17, 15) is 18.0 Å². The van der Waals surface area contributed by atoms with Gasteiger partial charge in [0.2, 0.25) is 0 Å². The van der Waals surface area contributed by atoms with Crippen molar-refractivity contribution >= 4 is 0 Å². The molecule has 1 heterocycles. The fourth-order valence-corrected chi connectivity index (χ4v) is 0.738. The number of hydrogen-bond acceptors (Lipinski definition) is 3. The Hall–Kier alpha value is -1.37. The van der Waals surface area contributed by atoms with Crippen LogP contribution in [0.3, 0.4) is 0 Å². The Morgan fingerprint density at radius 3 is 2.62 bits per heavy atom. The van der Waals surface area contributed by atoms with Crippen LogP contribution in [0.1, 0.15) is 11.4 Å². The molecule has 0 aromatic carbocycles. The number of alkyl halides is 3. The van der Waals surface area contributed by atoms with E-state index in [0.717, 1.165) is 0 Å². The van der Waals surface area contributed by atoms with Crippen LogP contribution < -0.4 is 5.69 Å². The van der Waals surface area contributed by atoms with Gasteiger partial charge in [-0.15, -0.1) is 0 Å². The summed E-state index contributed by atoms with van der Waals surface area (Å²) in [7, 11) is 0. The lowest BCUT2D eigenvalue weighted by Crippen LogP contribution is -2.20. The molecule has 0 aliphatic rings. The minimum Gasteiger partial charge on any atom is -0.390 e. The highest BCUT2D eigenvalue weighted by Gasteiger charge is 2.33. The summed E-state index contributed by atoms with van der Waals surface area (Å²) in [5.74, 6) is 0. The first-order valence-electron chi connectivity index (χ1n) is 3.22. The summed E-state index contributed by atoms with van der Waals surface area (Å²) >= 11 is 0. The van der Waals surface area contributed by atoms with E-state index in [1.807, 2.05) is 4.98 Å². The van der Waals surface area contributed by atoms with Gasteiger partial charge < -0.3 is 10.1 Å². The number of rotatable bonds is 1. The Morgan fingerprint density at radius 1 is 1.54 bits per heavy atom. The van der Waals surface area contributed by atoms with Crippen LogP contribution in [0.4, 0.5) is 13.2 Å². The van der Waals surface area contributed by atoms with E-state index >= 15 is 0 Å². The van der Waals surface area contributed by atoms with Crippen LogP contribution in [0.15, 0.2) is 10.9 Å². The molecule has 1 rings (SSSR count). The van der Waals surface area contributed by atoms with Crippen LogP contribution in [0, 0.1) is 0 Å². The second-order valence-corrected chi connectivity index (χ2v) is 2.25.